The molecule has 2 rings (SSSR count). The second-order valence-electron chi connectivity index (χ2n) is 5.05. The highest BCUT2D eigenvalue weighted by Crippen LogP contribution is 2.22. The largest absolute Gasteiger partial charge is 0.409 e. The molecule has 1 fully saturated rings. The topological polar surface area (TPSA) is 88.2 Å². The second kappa shape index (κ2) is 7.64. The van der Waals surface area contributed by atoms with Crippen LogP contribution < -0.4 is 10.6 Å². The van der Waals surface area contributed by atoms with Gasteiger partial charge in [-0.15, -0.1) is 0 Å². The first-order chi connectivity index (χ1) is 10.2. The minimum atomic E-state index is -0.0220. The van der Waals surface area contributed by atoms with Crippen molar-refractivity contribution in [2.24, 2.45) is 16.8 Å². The number of nitrogens with two attached hydrogens (primary N) is 1. The molecule has 1 saturated heterocycles. The maximum Gasteiger partial charge on any atom is 0.230 e. The molecule has 21 heavy (non-hydrogen) atoms. The third-order valence-corrected chi connectivity index (χ3v) is 3.62. The average molecular weight is 291 g/mol. The number of ether oxygens (including phenoxy) is 1. The fourth-order valence-corrected chi connectivity index (χ4v) is 2.42. The predicted molar refractivity (Wildman–Crippen MR) is 80.4 cm³/mol. The van der Waals surface area contributed by atoms with Gasteiger partial charge in [-0.3, -0.25) is 4.79 Å². The Bertz CT molecular complexity index is 484. The van der Waals surface area contributed by atoms with Crippen molar-refractivity contribution >= 4 is 17.4 Å². The molecule has 0 radical (unpaired) electrons. The smallest absolute Gasteiger partial charge is 0.230 e. The van der Waals surface area contributed by atoms with Crippen molar-refractivity contribution < 1.29 is 14.7 Å². The number of hydrogen-bond donors (Lipinski definition) is 2. The maximum absolute atomic E-state index is 12.7. The van der Waals surface area contributed by atoms with Crippen molar-refractivity contribution in [1.29, 1.82) is 0 Å². The first-order valence-electron chi connectivity index (χ1n) is 7.13. The Morgan fingerprint density at radius 2 is 2.00 bits per heavy atom. The lowest BCUT2D eigenvalue weighted by Crippen LogP contribution is -2.40. The number of carbonyl (C=O) groups is 1. The van der Waals surface area contributed by atoms with Gasteiger partial charge < -0.3 is 20.6 Å². The number of rotatable bonds is 5. The van der Waals surface area contributed by atoms with E-state index in [-0.39, 0.29) is 17.7 Å². The Morgan fingerprint density at radius 3 is 2.62 bits per heavy atom. The number of para-hydroxylation sites is 1. The summed E-state index contributed by atoms with van der Waals surface area (Å²) < 4.78 is 5.31. The van der Waals surface area contributed by atoms with E-state index in [9.17, 15) is 4.79 Å². The van der Waals surface area contributed by atoms with Crippen LogP contribution in [0.15, 0.2) is 35.5 Å². The number of carbonyl (C=O) groups excluding carboxylic acids is 1. The van der Waals surface area contributed by atoms with E-state index < -0.39 is 0 Å². The van der Waals surface area contributed by atoms with Crippen molar-refractivity contribution in [3.05, 3.63) is 30.3 Å². The molecule has 1 aliphatic heterocycles. The molecule has 0 spiro atoms. The fourth-order valence-electron chi connectivity index (χ4n) is 2.42. The second-order valence-corrected chi connectivity index (χ2v) is 5.05. The standard InChI is InChI=1S/C15H21N3O3/c16-14(17-20)6-9-18(13-4-2-1-3-5-13)15(19)12-7-10-21-11-8-12/h1-5,12,20H,6-11H2,(H2,16,17). The first kappa shape index (κ1) is 15.3. The summed E-state index contributed by atoms with van der Waals surface area (Å²) in [6.07, 6.45) is 1.82. The third-order valence-electron chi connectivity index (χ3n) is 3.62. The highest BCUT2D eigenvalue weighted by Gasteiger charge is 2.27. The van der Waals surface area contributed by atoms with Crippen LogP contribution in [-0.2, 0) is 9.53 Å². The number of amides is 1. The number of hydrogen-bond acceptors (Lipinski definition) is 4. The van der Waals surface area contributed by atoms with E-state index >= 15 is 0 Å². The molecular formula is C15H21N3O3. The minimum absolute atomic E-state index is 0.0220. The van der Waals surface area contributed by atoms with Crippen molar-refractivity contribution in [1.82, 2.24) is 0 Å². The van der Waals surface area contributed by atoms with E-state index in [1.807, 2.05) is 30.3 Å². The minimum Gasteiger partial charge on any atom is -0.409 e. The Balaban J connectivity index is 2.12. The highest BCUT2D eigenvalue weighted by atomic mass is 16.5. The van der Waals surface area contributed by atoms with Crippen LogP contribution in [0.5, 0.6) is 0 Å². The van der Waals surface area contributed by atoms with Gasteiger partial charge in [0, 0.05) is 37.8 Å². The van der Waals surface area contributed by atoms with E-state index in [4.69, 9.17) is 15.7 Å². The Hall–Kier alpha value is -2.08. The van der Waals surface area contributed by atoms with E-state index in [1.54, 1.807) is 4.90 Å². The third kappa shape index (κ3) is 4.19. The summed E-state index contributed by atoms with van der Waals surface area (Å²) in [7, 11) is 0. The van der Waals surface area contributed by atoms with Gasteiger partial charge in [-0.25, -0.2) is 0 Å². The zero-order valence-electron chi connectivity index (χ0n) is 11.9. The molecule has 0 atom stereocenters. The quantitative estimate of drug-likeness (QED) is 0.373. The van der Waals surface area contributed by atoms with Crippen LogP contribution in [0.3, 0.4) is 0 Å². The molecule has 3 N–H and O–H groups in total. The van der Waals surface area contributed by atoms with Crippen LogP contribution in [0, 0.1) is 5.92 Å². The molecule has 0 unspecified atom stereocenters. The lowest BCUT2D eigenvalue weighted by Gasteiger charge is -2.29. The van der Waals surface area contributed by atoms with E-state index in [2.05, 4.69) is 5.16 Å². The number of benzene rings is 1. The SMILES string of the molecule is NC(CCN(C(=O)C1CCOCC1)c1ccccc1)=NO. The molecule has 1 aliphatic rings. The van der Waals surface area contributed by atoms with Gasteiger partial charge in [0.2, 0.25) is 5.91 Å². The zero-order chi connectivity index (χ0) is 15.1. The summed E-state index contributed by atoms with van der Waals surface area (Å²) in [5, 5.41) is 11.6. The summed E-state index contributed by atoms with van der Waals surface area (Å²) in [5.41, 5.74) is 6.35. The van der Waals surface area contributed by atoms with Crippen LogP contribution in [0.25, 0.3) is 0 Å². The van der Waals surface area contributed by atoms with Crippen LogP contribution >= 0.6 is 0 Å². The van der Waals surface area contributed by atoms with Crippen molar-refractivity contribution in [2.75, 3.05) is 24.7 Å². The average Bonchev–Trinajstić information content (AvgIpc) is 2.56. The van der Waals surface area contributed by atoms with Crippen LogP contribution in [-0.4, -0.2) is 36.7 Å². The van der Waals surface area contributed by atoms with Gasteiger partial charge in [-0.1, -0.05) is 23.4 Å². The molecule has 1 amide bonds. The molecule has 0 bridgehead atoms. The predicted octanol–water partition coefficient (Wildman–Crippen LogP) is 1.58. The molecule has 6 heteroatoms. The normalized spacial score (nSPS) is 16.7. The number of anilines is 1. The molecule has 0 aromatic heterocycles. The van der Waals surface area contributed by atoms with Gasteiger partial charge in [0.1, 0.15) is 5.84 Å². The summed E-state index contributed by atoms with van der Waals surface area (Å²) in [6, 6.07) is 9.48. The molecule has 1 heterocycles. The summed E-state index contributed by atoms with van der Waals surface area (Å²) in [4.78, 5) is 14.4. The molecule has 0 aliphatic carbocycles. The van der Waals surface area contributed by atoms with Crippen LogP contribution in [0.1, 0.15) is 19.3 Å². The van der Waals surface area contributed by atoms with Crippen molar-refractivity contribution in [3.8, 4) is 0 Å². The van der Waals surface area contributed by atoms with Gasteiger partial charge in [-0.05, 0) is 25.0 Å². The lowest BCUT2D eigenvalue weighted by atomic mass is 9.98. The Kier molecular flexibility index (Phi) is 5.57. The Morgan fingerprint density at radius 1 is 1.33 bits per heavy atom. The molecule has 6 nitrogen and oxygen atoms in total. The van der Waals surface area contributed by atoms with Crippen molar-refractivity contribution in [2.45, 2.75) is 19.3 Å². The Labute approximate surface area is 124 Å². The highest BCUT2D eigenvalue weighted by molar-refractivity contribution is 5.95. The van der Waals surface area contributed by atoms with Gasteiger partial charge in [0.25, 0.3) is 0 Å². The summed E-state index contributed by atoms with van der Waals surface area (Å²) >= 11 is 0. The van der Waals surface area contributed by atoms with Gasteiger partial charge in [0.15, 0.2) is 0 Å². The molecular weight excluding hydrogens is 270 g/mol. The van der Waals surface area contributed by atoms with Crippen LogP contribution in [0.2, 0.25) is 0 Å². The number of oxime groups is 1. The van der Waals surface area contributed by atoms with Gasteiger partial charge >= 0.3 is 0 Å². The zero-order valence-corrected chi connectivity index (χ0v) is 11.9. The number of amidine groups is 1. The van der Waals surface area contributed by atoms with E-state index in [1.165, 1.54) is 0 Å². The molecule has 114 valence electrons. The summed E-state index contributed by atoms with van der Waals surface area (Å²) in [5.74, 6) is 0.178. The number of nitrogens with zero attached hydrogens (tertiary/aromatic N) is 2. The molecule has 1 aromatic rings. The summed E-state index contributed by atoms with van der Waals surface area (Å²) in [6.45, 7) is 1.65. The van der Waals surface area contributed by atoms with E-state index in [0.717, 1.165) is 18.5 Å². The van der Waals surface area contributed by atoms with Gasteiger partial charge in [0.05, 0.1) is 0 Å². The van der Waals surface area contributed by atoms with Gasteiger partial charge in [-0.2, -0.15) is 0 Å². The van der Waals surface area contributed by atoms with Crippen LogP contribution in [0.4, 0.5) is 5.69 Å². The fraction of sp³-hybridized carbons (Fsp3) is 0.467. The lowest BCUT2D eigenvalue weighted by molar-refractivity contribution is -0.125. The maximum atomic E-state index is 12.7. The molecule has 0 saturated carbocycles. The van der Waals surface area contributed by atoms with Crippen molar-refractivity contribution in [3.63, 3.8) is 0 Å². The molecule has 1 aromatic carbocycles. The monoisotopic (exact) mass is 291 g/mol. The first-order valence-corrected chi connectivity index (χ1v) is 7.13. The van der Waals surface area contributed by atoms with E-state index in [0.29, 0.717) is 26.2 Å².